The Morgan fingerprint density at radius 3 is 1.67 bits per heavy atom. The van der Waals surface area contributed by atoms with E-state index in [0.29, 0.717) is 17.4 Å². The number of nitrogens with one attached hydrogen (secondary N) is 1. The van der Waals surface area contributed by atoms with Crippen LogP contribution in [0.2, 0.25) is 0 Å². The largest absolute Gasteiger partial charge is 0.472 e. The topological polar surface area (TPSA) is 105 Å². The van der Waals surface area contributed by atoms with Crippen LogP contribution in [-0.2, 0) is 18.4 Å². The van der Waals surface area contributed by atoms with Gasteiger partial charge in [0.1, 0.15) is 13.2 Å². The van der Waals surface area contributed by atoms with E-state index in [1.165, 1.54) is 64.2 Å². The summed E-state index contributed by atoms with van der Waals surface area (Å²) in [6.07, 6.45) is 49.7. The van der Waals surface area contributed by atoms with Crippen LogP contribution in [0.1, 0.15) is 162 Å². The van der Waals surface area contributed by atoms with Gasteiger partial charge in [0.05, 0.1) is 39.9 Å². The third-order valence-electron chi connectivity index (χ3n) is 9.16. The van der Waals surface area contributed by atoms with Crippen LogP contribution in [0.15, 0.2) is 72.9 Å². The van der Waals surface area contributed by atoms with Crippen molar-refractivity contribution in [2.24, 2.45) is 0 Å². The molecule has 0 radical (unpaired) electrons. The van der Waals surface area contributed by atoms with Crippen LogP contribution in [0, 0.1) is 0 Å². The fourth-order valence-electron chi connectivity index (χ4n) is 5.69. The number of nitrogens with zero attached hydrogens (tertiary/aromatic N) is 1. The van der Waals surface area contributed by atoms with Crippen molar-refractivity contribution in [1.29, 1.82) is 0 Å². The van der Waals surface area contributed by atoms with E-state index in [1.54, 1.807) is 6.08 Å². The third-order valence-corrected chi connectivity index (χ3v) is 10.1. The van der Waals surface area contributed by atoms with E-state index in [1.807, 2.05) is 27.2 Å². The van der Waals surface area contributed by atoms with E-state index in [2.05, 4.69) is 79.9 Å². The SMILES string of the molecule is CC/C=C\C/C=C\C/C=C\C/C=C\CCCCCCCCC(=O)NC(COP(=O)(O)OCC[N+](C)(C)C)C(O)/C=C/CC/C=C/CCCCCCCCCC. The van der Waals surface area contributed by atoms with E-state index in [0.717, 1.165) is 77.0 Å². The zero-order chi connectivity index (χ0) is 40.7. The highest BCUT2D eigenvalue weighted by Crippen LogP contribution is 2.43. The maximum atomic E-state index is 12.9. The monoisotopic (exact) mass is 792 g/mol. The van der Waals surface area contributed by atoms with E-state index in [4.69, 9.17) is 9.05 Å². The predicted octanol–water partition coefficient (Wildman–Crippen LogP) is 12.0. The standard InChI is InChI=1S/C46H83N2O6P/c1-6-8-10-12-14-16-18-20-22-23-24-25-26-28-30-32-34-36-38-40-46(50)47-44(43-54-55(51,52)53-42-41-48(3,4)5)45(49)39-37-35-33-31-29-27-21-19-17-15-13-11-9-7-2/h8,10,14,16,20,22,24-25,29,31,37,39,44-45,49H,6-7,9,11-13,15,17-19,21,23,26-28,30,32-36,38,40-43H2,1-5H3,(H-,47,50,51,52)/p+1/b10-8-,16-14-,22-20-,25-24-,31-29+,39-37+. The number of phosphoric acid groups is 1. The maximum Gasteiger partial charge on any atom is 0.472 e. The Hall–Kier alpha value is -2.06. The van der Waals surface area contributed by atoms with E-state index in [-0.39, 0.29) is 19.1 Å². The molecule has 0 saturated carbocycles. The molecule has 0 aromatic heterocycles. The minimum atomic E-state index is -4.35. The number of amides is 1. The van der Waals surface area contributed by atoms with Gasteiger partial charge in [-0.05, 0) is 70.6 Å². The Morgan fingerprint density at radius 1 is 0.636 bits per heavy atom. The summed E-state index contributed by atoms with van der Waals surface area (Å²) in [5, 5.41) is 13.8. The smallest absolute Gasteiger partial charge is 0.387 e. The van der Waals surface area contributed by atoms with Crippen molar-refractivity contribution in [3.05, 3.63) is 72.9 Å². The summed E-state index contributed by atoms with van der Waals surface area (Å²) in [6, 6.07) is -0.873. The summed E-state index contributed by atoms with van der Waals surface area (Å²) < 4.78 is 23.5. The van der Waals surface area contributed by atoms with Gasteiger partial charge in [-0.15, -0.1) is 0 Å². The Kier molecular flexibility index (Phi) is 36.1. The molecule has 318 valence electrons. The molecular weight excluding hydrogens is 707 g/mol. The molecule has 0 saturated heterocycles. The van der Waals surface area contributed by atoms with Crippen molar-refractivity contribution in [3.63, 3.8) is 0 Å². The van der Waals surface area contributed by atoms with Crippen LogP contribution in [0.3, 0.4) is 0 Å². The van der Waals surface area contributed by atoms with Gasteiger partial charge in [-0.2, -0.15) is 0 Å². The molecule has 0 aromatic rings. The number of aliphatic hydroxyl groups is 1. The third kappa shape index (κ3) is 40.0. The number of unbranched alkanes of at least 4 members (excludes halogenated alkanes) is 15. The molecule has 9 heteroatoms. The van der Waals surface area contributed by atoms with Gasteiger partial charge >= 0.3 is 7.82 Å². The average molecular weight is 792 g/mol. The zero-order valence-corrected chi connectivity index (χ0v) is 36.8. The molecule has 1 amide bonds. The minimum Gasteiger partial charge on any atom is -0.387 e. The van der Waals surface area contributed by atoms with Crippen molar-refractivity contribution in [1.82, 2.24) is 5.32 Å². The van der Waals surface area contributed by atoms with E-state index in [9.17, 15) is 19.4 Å². The van der Waals surface area contributed by atoms with Crippen molar-refractivity contribution >= 4 is 13.7 Å². The number of quaternary nitrogens is 1. The summed E-state index contributed by atoms with van der Waals surface area (Å²) in [5.74, 6) is -0.206. The number of phosphoric ester groups is 1. The summed E-state index contributed by atoms with van der Waals surface area (Å²) in [5.41, 5.74) is 0. The molecule has 3 atom stereocenters. The van der Waals surface area contributed by atoms with Crippen LogP contribution in [0.4, 0.5) is 0 Å². The van der Waals surface area contributed by atoms with E-state index < -0.39 is 20.0 Å². The Bertz CT molecular complexity index is 1120. The second kappa shape index (κ2) is 37.5. The van der Waals surface area contributed by atoms with E-state index >= 15 is 0 Å². The van der Waals surface area contributed by atoms with Crippen molar-refractivity contribution in [2.75, 3.05) is 40.9 Å². The normalized spacial score (nSPS) is 15.1. The van der Waals surface area contributed by atoms with Crippen LogP contribution >= 0.6 is 7.82 Å². The van der Waals surface area contributed by atoms with Gasteiger partial charge in [-0.3, -0.25) is 13.8 Å². The van der Waals surface area contributed by atoms with Gasteiger partial charge in [-0.1, -0.05) is 157 Å². The fourth-order valence-corrected chi connectivity index (χ4v) is 6.43. The quantitative estimate of drug-likeness (QED) is 0.0249. The first-order valence-corrected chi connectivity index (χ1v) is 23.3. The molecule has 55 heavy (non-hydrogen) atoms. The van der Waals surface area contributed by atoms with Crippen molar-refractivity contribution in [2.45, 2.75) is 174 Å². The van der Waals surface area contributed by atoms with Crippen LogP contribution < -0.4 is 5.32 Å². The van der Waals surface area contributed by atoms with Gasteiger partial charge in [0.25, 0.3) is 0 Å². The number of allylic oxidation sites excluding steroid dienone is 11. The van der Waals surface area contributed by atoms with Crippen molar-refractivity contribution < 1.29 is 32.9 Å². The van der Waals surface area contributed by atoms with Gasteiger partial charge in [0, 0.05) is 6.42 Å². The number of likely N-dealkylation sites (N-methyl/N-ethyl adjacent to an activating group) is 1. The number of carbonyl (C=O) groups excluding carboxylic acids is 1. The first-order valence-electron chi connectivity index (χ1n) is 21.8. The highest BCUT2D eigenvalue weighted by molar-refractivity contribution is 7.47. The van der Waals surface area contributed by atoms with Gasteiger partial charge in [-0.25, -0.2) is 4.57 Å². The maximum absolute atomic E-state index is 12.9. The second-order valence-electron chi connectivity index (χ2n) is 15.7. The summed E-state index contributed by atoms with van der Waals surface area (Å²) in [6.45, 7) is 4.64. The number of aliphatic hydroxyl groups excluding tert-OH is 1. The van der Waals surface area contributed by atoms with Gasteiger partial charge in [0.2, 0.25) is 5.91 Å². The van der Waals surface area contributed by atoms with Crippen LogP contribution in [-0.4, -0.2) is 73.4 Å². The number of hydrogen-bond donors (Lipinski definition) is 3. The number of rotatable bonds is 38. The molecule has 0 bridgehead atoms. The highest BCUT2D eigenvalue weighted by atomic mass is 31.2. The zero-order valence-electron chi connectivity index (χ0n) is 35.9. The first-order chi connectivity index (χ1) is 26.5. The first kappa shape index (κ1) is 52.9. The molecule has 3 unspecified atom stereocenters. The number of hydrogen-bond acceptors (Lipinski definition) is 5. The van der Waals surface area contributed by atoms with Crippen molar-refractivity contribution in [3.8, 4) is 0 Å². The molecule has 0 fully saturated rings. The molecule has 0 aliphatic heterocycles. The molecule has 0 aliphatic carbocycles. The lowest BCUT2D eigenvalue weighted by molar-refractivity contribution is -0.870. The lowest BCUT2D eigenvalue weighted by atomic mass is 10.1. The molecule has 0 heterocycles. The number of carbonyl (C=O) groups is 1. The molecular formula is C46H84N2O6P+. The fraction of sp³-hybridized carbons (Fsp3) is 0.717. The molecule has 8 nitrogen and oxygen atoms in total. The second-order valence-corrected chi connectivity index (χ2v) is 17.1. The molecule has 0 rings (SSSR count). The minimum absolute atomic E-state index is 0.0494. The van der Waals surface area contributed by atoms with Crippen LogP contribution in [0.5, 0.6) is 0 Å². The lowest BCUT2D eigenvalue weighted by Gasteiger charge is -2.25. The highest BCUT2D eigenvalue weighted by Gasteiger charge is 2.27. The Labute approximate surface area is 338 Å². The molecule has 0 aliphatic rings. The Balaban J connectivity index is 4.51. The van der Waals surface area contributed by atoms with Gasteiger partial charge < -0.3 is 19.8 Å². The summed E-state index contributed by atoms with van der Waals surface area (Å²) in [7, 11) is 1.53. The average Bonchev–Trinajstić information content (AvgIpc) is 3.13. The molecule has 0 spiro atoms. The molecule has 3 N–H and O–H groups in total. The lowest BCUT2D eigenvalue weighted by Crippen LogP contribution is -2.45. The Morgan fingerprint density at radius 2 is 1.11 bits per heavy atom. The van der Waals surface area contributed by atoms with Gasteiger partial charge in [0.15, 0.2) is 0 Å². The predicted molar refractivity (Wildman–Crippen MR) is 235 cm³/mol. The van der Waals surface area contributed by atoms with Crippen LogP contribution in [0.25, 0.3) is 0 Å². The summed E-state index contributed by atoms with van der Waals surface area (Å²) in [4.78, 5) is 23.1. The molecule has 0 aromatic carbocycles. The summed E-state index contributed by atoms with van der Waals surface area (Å²) >= 11 is 0.